The van der Waals surface area contributed by atoms with Crippen LogP contribution in [-0.4, -0.2) is 83.8 Å². The zero-order chi connectivity index (χ0) is 28.6. The molecule has 9 nitrogen and oxygen atoms in total. The fourth-order valence-corrected chi connectivity index (χ4v) is 5.47. The quantitative estimate of drug-likeness (QED) is 0.213. The zero-order valence-electron chi connectivity index (χ0n) is 22.0. The number of esters is 1. The molecule has 0 spiro atoms. The normalized spacial score (nSPS) is 16.5. The summed E-state index contributed by atoms with van der Waals surface area (Å²) in [6.07, 6.45) is -5.38. The van der Waals surface area contributed by atoms with Crippen molar-refractivity contribution in [1.29, 1.82) is 0 Å². The van der Waals surface area contributed by atoms with Crippen molar-refractivity contribution in [1.82, 2.24) is 4.90 Å². The Balaban J connectivity index is 1.55. The van der Waals surface area contributed by atoms with E-state index in [2.05, 4.69) is 4.74 Å². The lowest BCUT2D eigenvalue weighted by Crippen LogP contribution is -2.57. The van der Waals surface area contributed by atoms with Crippen LogP contribution < -0.4 is 9.64 Å². The average Bonchev–Trinajstić information content (AvgIpc) is 2.87. The number of rotatable bonds is 12. The highest BCUT2D eigenvalue weighted by Gasteiger charge is 2.35. The van der Waals surface area contributed by atoms with Gasteiger partial charge in [-0.15, -0.1) is 13.2 Å². The molecule has 1 aliphatic rings. The summed E-state index contributed by atoms with van der Waals surface area (Å²) in [6.45, 7) is 6.96. The molecule has 1 saturated heterocycles. The summed E-state index contributed by atoms with van der Waals surface area (Å²) < 4.78 is 82.3. The van der Waals surface area contributed by atoms with Crippen LogP contribution >= 0.6 is 0 Å². The number of carbonyl (C=O) groups is 1. The number of carbonyl (C=O) groups excluding carboxylic acids is 1. The van der Waals surface area contributed by atoms with E-state index < -0.39 is 34.6 Å². The highest BCUT2D eigenvalue weighted by Crippen LogP contribution is 2.26. The summed E-state index contributed by atoms with van der Waals surface area (Å²) in [6, 6.07) is 11.4. The molecule has 13 heteroatoms. The molecule has 2 aromatic rings. The largest absolute Gasteiger partial charge is 0.573 e. The molecule has 0 aromatic heterocycles. The Morgan fingerprint density at radius 2 is 1.64 bits per heavy atom. The number of nitrogens with zero attached hydrogens (tertiary/aromatic N) is 2. The van der Waals surface area contributed by atoms with Gasteiger partial charge in [-0.25, -0.2) is 0 Å². The Labute approximate surface area is 226 Å². The fourth-order valence-electron chi connectivity index (χ4n) is 4.35. The summed E-state index contributed by atoms with van der Waals surface area (Å²) in [5, 5.41) is 0. The Bertz CT molecular complexity index is 1180. The maximum atomic E-state index is 12.8. The summed E-state index contributed by atoms with van der Waals surface area (Å²) >= 11 is 0. The highest BCUT2D eigenvalue weighted by atomic mass is 32.2. The lowest BCUT2D eigenvalue weighted by atomic mass is 10.1. The van der Waals surface area contributed by atoms with E-state index in [1.807, 2.05) is 9.80 Å². The van der Waals surface area contributed by atoms with Gasteiger partial charge in [0.05, 0.1) is 30.8 Å². The fraction of sp³-hybridized carbons (Fsp3) is 0.500. The Morgan fingerprint density at radius 1 is 1.00 bits per heavy atom. The molecule has 2 aromatic carbocycles. The van der Waals surface area contributed by atoms with Crippen molar-refractivity contribution in [3.05, 3.63) is 54.1 Å². The van der Waals surface area contributed by atoms with Gasteiger partial charge >= 0.3 is 12.3 Å². The molecule has 3 rings (SSSR count). The SMILES string of the molecule is CCOC(=O)C(C(C)OCCOS(=O)(=O)c1ccccc1C)N1CCN(c2ccc(OC(F)(F)F)cc2)CC1. The molecule has 0 saturated carbocycles. The minimum atomic E-state index is -4.75. The summed E-state index contributed by atoms with van der Waals surface area (Å²) in [7, 11) is -3.95. The molecule has 0 radical (unpaired) electrons. The van der Waals surface area contributed by atoms with Gasteiger partial charge in [-0.3, -0.25) is 13.9 Å². The van der Waals surface area contributed by atoms with E-state index in [0.717, 1.165) is 5.69 Å². The molecule has 0 N–H and O–H groups in total. The third kappa shape index (κ3) is 8.82. The van der Waals surface area contributed by atoms with Gasteiger partial charge in [0, 0.05) is 31.9 Å². The van der Waals surface area contributed by atoms with Crippen molar-refractivity contribution >= 4 is 21.8 Å². The molecule has 2 unspecified atom stereocenters. The van der Waals surface area contributed by atoms with E-state index in [4.69, 9.17) is 13.7 Å². The molecule has 0 amide bonds. The van der Waals surface area contributed by atoms with Crippen molar-refractivity contribution < 1.29 is 44.8 Å². The van der Waals surface area contributed by atoms with E-state index in [1.54, 1.807) is 51.1 Å². The first kappa shape index (κ1) is 30.7. The zero-order valence-corrected chi connectivity index (χ0v) is 22.8. The van der Waals surface area contributed by atoms with E-state index in [0.29, 0.717) is 31.7 Å². The lowest BCUT2D eigenvalue weighted by molar-refractivity contribution is -0.274. The van der Waals surface area contributed by atoms with Gasteiger partial charge < -0.3 is 19.1 Å². The van der Waals surface area contributed by atoms with Crippen molar-refractivity contribution in [2.75, 3.05) is 50.9 Å². The maximum Gasteiger partial charge on any atom is 0.573 e. The third-order valence-corrected chi connectivity index (χ3v) is 7.66. The number of benzene rings is 2. The first-order chi connectivity index (χ1) is 18.4. The summed E-state index contributed by atoms with van der Waals surface area (Å²) in [5.41, 5.74) is 1.30. The Kier molecular flexibility index (Phi) is 10.6. The minimum absolute atomic E-state index is 0.0610. The minimum Gasteiger partial charge on any atom is -0.465 e. The predicted molar refractivity (Wildman–Crippen MR) is 137 cm³/mol. The van der Waals surface area contributed by atoms with Crippen molar-refractivity contribution in [3.63, 3.8) is 0 Å². The number of aryl methyl sites for hydroxylation is 1. The van der Waals surface area contributed by atoms with Crippen LogP contribution in [0.3, 0.4) is 0 Å². The number of piperazine rings is 1. The second-order valence-electron chi connectivity index (χ2n) is 8.88. The first-order valence-corrected chi connectivity index (χ1v) is 13.9. The number of ether oxygens (including phenoxy) is 3. The maximum absolute atomic E-state index is 12.8. The number of hydrogen-bond donors (Lipinski definition) is 0. The number of anilines is 1. The Hall–Kier alpha value is -2.87. The van der Waals surface area contributed by atoms with Crippen molar-refractivity contribution in [3.8, 4) is 5.75 Å². The predicted octanol–water partition coefficient (Wildman–Crippen LogP) is 3.76. The van der Waals surface area contributed by atoms with Crippen LogP contribution in [-0.2, 0) is 28.6 Å². The average molecular weight is 575 g/mol. The lowest BCUT2D eigenvalue weighted by Gasteiger charge is -2.40. The highest BCUT2D eigenvalue weighted by molar-refractivity contribution is 7.86. The smallest absolute Gasteiger partial charge is 0.465 e. The third-order valence-electron chi connectivity index (χ3n) is 6.18. The molecular weight excluding hydrogens is 541 g/mol. The number of hydrogen-bond acceptors (Lipinski definition) is 9. The second kappa shape index (κ2) is 13.5. The molecule has 0 bridgehead atoms. The van der Waals surface area contributed by atoms with Crippen LogP contribution in [0.25, 0.3) is 0 Å². The van der Waals surface area contributed by atoms with E-state index in [9.17, 15) is 26.4 Å². The van der Waals surface area contributed by atoms with Crippen LogP contribution in [0.4, 0.5) is 18.9 Å². The monoisotopic (exact) mass is 574 g/mol. The van der Waals surface area contributed by atoms with Crippen LogP contribution in [0, 0.1) is 6.92 Å². The first-order valence-electron chi connectivity index (χ1n) is 12.5. The molecule has 39 heavy (non-hydrogen) atoms. The summed E-state index contributed by atoms with van der Waals surface area (Å²) in [5.74, 6) is -0.755. The van der Waals surface area contributed by atoms with Crippen LogP contribution in [0.15, 0.2) is 53.4 Å². The second-order valence-corrected chi connectivity index (χ2v) is 10.5. The number of alkyl halides is 3. The molecule has 2 atom stereocenters. The molecule has 1 aliphatic heterocycles. The standard InChI is InChI=1S/C26H33F3N2O7S/c1-4-35-25(32)24(20(3)36-17-18-37-39(33,34)23-8-6-5-7-19(23)2)31-15-13-30(14-16-31)21-9-11-22(12-10-21)38-26(27,28)29/h5-12,20,24H,4,13-18H2,1-3H3. The van der Waals surface area contributed by atoms with Gasteiger partial charge in [-0.1, -0.05) is 18.2 Å². The van der Waals surface area contributed by atoms with Gasteiger partial charge in [-0.05, 0) is 56.7 Å². The van der Waals surface area contributed by atoms with Gasteiger partial charge in [0.25, 0.3) is 10.1 Å². The molecule has 1 fully saturated rings. The van der Waals surface area contributed by atoms with E-state index in [-0.39, 0.29) is 30.5 Å². The van der Waals surface area contributed by atoms with Gasteiger partial charge in [0.1, 0.15) is 11.8 Å². The topological polar surface area (TPSA) is 94.6 Å². The van der Waals surface area contributed by atoms with E-state index >= 15 is 0 Å². The van der Waals surface area contributed by atoms with E-state index in [1.165, 1.54) is 18.2 Å². The van der Waals surface area contributed by atoms with Crippen LogP contribution in [0.5, 0.6) is 5.75 Å². The Morgan fingerprint density at radius 3 is 2.23 bits per heavy atom. The van der Waals surface area contributed by atoms with Crippen LogP contribution in [0.1, 0.15) is 19.4 Å². The van der Waals surface area contributed by atoms with Crippen molar-refractivity contribution in [2.45, 2.75) is 44.2 Å². The van der Waals surface area contributed by atoms with Crippen molar-refractivity contribution in [2.24, 2.45) is 0 Å². The van der Waals surface area contributed by atoms with Gasteiger partial charge in [0.15, 0.2) is 0 Å². The van der Waals surface area contributed by atoms with Gasteiger partial charge in [-0.2, -0.15) is 8.42 Å². The number of halogens is 3. The molecule has 1 heterocycles. The summed E-state index contributed by atoms with van der Waals surface area (Å²) in [4.78, 5) is 16.8. The van der Waals surface area contributed by atoms with Gasteiger partial charge in [0.2, 0.25) is 0 Å². The molecule has 216 valence electrons. The van der Waals surface area contributed by atoms with Crippen LogP contribution in [0.2, 0.25) is 0 Å². The molecule has 0 aliphatic carbocycles. The molecular formula is C26H33F3N2O7S.